The van der Waals surface area contributed by atoms with Crippen LogP contribution in [0.2, 0.25) is 0 Å². The summed E-state index contributed by atoms with van der Waals surface area (Å²) in [6.07, 6.45) is 1.03. The molecule has 4 heteroatoms. The summed E-state index contributed by atoms with van der Waals surface area (Å²) in [5.41, 5.74) is 0.140. The van der Waals surface area contributed by atoms with Crippen LogP contribution in [0.3, 0.4) is 0 Å². The molecule has 1 amide bonds. The largest absolute Gasteiger partial charge is 0.465 e. The average Bonchev–Trinajstić information content (AvgIpc) is 2.05. The lowest BCUT2D eigenvalue weighted by Crippen LogP contribution is -2.52. The molecule has 1 aliphatic heterocycles. The van der Waals surface area contributed by atoms with Crippen molar-refractivity contribution < 1.29 is 9.90 Å². The van der Waals surface area contributed by atoms with Gasteiger partial charge in [-0.25, -0.2) is 4.79 Å². The molecule has 1 fully saturated rings. The van der Waals surface area contributed by atoms with Crippen molar-refractivity contribution in [2.24, 2.45) is 0 Å². The summed E-state index contributed by atoms with van der Waals surface area (Å²) in [4.78, 5) is 12.1. The van der Waals surface area contributed by atoms with Gasteiger partial charge >= 0.3 is 6.09 Å². The van der Waals surface area contributed by atoms with Crippen LogP contribution in [0.15, 0.2) is 0 Å². The van der Waals surface area contributed by atoms with Crippen molar-refractivity contribution in [3.8, 4) is 0 Å². The van der Waals surface area contributed by atoms with Crippen LogP contribution in [-0.2, 0) is 0 Å². The lowest BCUT2D eigenvalue weighted by molar-refractivity contribution is 0.112. The topological polar surface area (TPSA) is 52.6 Å². The molecule has 0 aromatic heterocycles. The molecule has 1 saturated heterocycles. The third kappa shape index (κ3) is 2.59. The van der Waals surface area contributed by atoms with E-state index in [1.54, 1.807) is 0 Å². The number of nitrogens with one attached hydrogen (secondary N) is 1. The number of hydrogen-bond acceptors (Lipinski definition) is 2. The van der Waals surface area contributed by atoms with Crippen LogP contribution in [0.4, 0.5) is 4.79 Å². The van der Waals surface area contributed by atoms with Crippen molar-refractivity contribution in [3.63, 3.8) is 0 Å². The van der Waals surface area contributed by atoms with Crippen molar-refractivity contribution in [1.82, 2.24) is 10.2 Å². The van der Waals surface area contributed by atoms with Crippen molar-refractivity contribution >= 4 is 6.09 Å². The maximum atomic E-state index is 10.6. The van der Waals surface area contributed by atoms with Gasteiger partial charge in [0, 0.05) is 18.6 Å². The van der Waals surface area contributed by atoms with E-state index < -0.39 is 6.09 Å². The molecule has 0 aromatic rings. The Morgan fingerprint density at radius 1 is 1.54 bits per heavy atom. The molecule has 2 N–H and O–H groups in total. The van der Waals surface area contributed by atoms with Crippen LogP contribution < -0.4 is 5.32 Å². The van der Waals surface area contributed by atoms with Gasteiger partial charge in [-0.3, -0.25) is 0 Å². The highest BCUT2D eigenvalue weighted by molar-refractivity contribution is 5.65. The molecule has 1 rings (SSSR count). The molecule has 0 spiro atoms. The molecular formula is C9H18N2O2. The highest BCUT2D eigenvalue weighted by Crippen LogP contribution is 2.21. The summed E-state index contributed by atoms with van der Waals surface area (Å²) in [6, 6.07) is 0. The van der Waals surface area contributed by atoms with Crippen molar-refractivity contribution in [3.05, 3.63) is 0 Å². The maximum absolute atomic E-state index is 10.6. The minimum Gasteiger partial charge on any atom is -0.465 e. The molecule has 0 aliphatic carbocycles. The molecule has 0 radical (unpaired) electrons. The van der Waals surface area contributed by atoms with Gasteiger partial charge in [0.15, 0.2) is 0 Å². The van der Waals surface area contributed by atoms with E-state index in [1.165, 1.54) is 4.90 Å². The second-order valence-corrected chi connectivity index (χ2v) is 3.86. The van der Waals surface area contributed by atoms with E-state index in [9.17, 15) is 4.79 Å². The van der Waals surface area contributed by atoms with Gasteiger partial charge < -0.3 is 15.3 Å². The molecule has 76 valence electrons. The average molecular weight is 186 g/mol. The third-order valence-electron chi connectivity index (χ3n) is 2.74. The van der Waals surface area contributed by atoms with E-state index in [2.05, 4.69) is 19.2 Å². The Labute approximate surface area is 78.9 Å². The summed E-state index contributed by atoms with van der Waals surface area (Å²) in [6.45, 7) is 6.49. The summed E-state index contributed by atoms with van der Waals surface area (Å²) < 4.78 is 0. The molecule has 0 aromatic carbocycles. The van der Waals surface area contributed by atoms with Crippen molar-refractivity contribution in [1.29, 1.82) is 0 Å². The predicted octanol–water partition coefficient (Wildman–Crippen LogP) is 1.13. The Morgan fingerprint density at radius 2 is 2.08 bits per heavy atom. The molecule has 13 heavy (non-hydrogen) atoms. The van der Waals surface area contributed by atoms with Gasteiger partial charge in [0.2, 0.25) is 0 Å². The van der Waals surface area contributed by atoms with Gasteiger partial charge in [0.1, 0.15) is 0 Å². The quantitative estimate of drug-likeness (QED) is 0.679. The zero-order valence-corrected chi connectivity index (χ0v) is 8.34. The number of amides is 1. The Hall–Kier alpha value is -0.770. The zero-order chi connectivity index (χ0) is 9.90. The molecule has 4 nitrogen and oxygen atoms in total. The fraction of sp³-hybridized carbons (Fsp3) is 0.889. The van der Waals surface area contributed by atoms with Crippen molar-refractivity contribution in [2.45, 2.75) is 32.2 Å². The van der Waals surface area contributed by atoms with Crippen LogP contribution in [0.25, 0.3) is 0 Å². The number of carboxylic acid groups (broad SMARTS) is 1. The maximum Gasteiger partial charge on any atom is 0.407 e. The Bertz CT molecular complexity index is 186. The molecule has 0 saturated carbocycles. The van der Waals surface area contributed by atoms with Crippen LogP contribution in [0.1, 0.15) is 26.7 Å². The molecule has 0 atom stereocenters. The lowest BCUT2D eigenvalue weighted by Gasteiger charge is -2.38. The molecule has 1 heterocycles. The summed E-state index contributed by atoms with van der Waals surface area (Å²) in [5, 5.41) is 12.1. The van der Waals surface area contributed by atoms with E-state index in [-0.39, 0.29) is 5.54 Å². The number of nitrogens with zero attached hydrogens (tertiary/aromatic N) is 1. The van der Waals surface area contributed by atoms with Gasteiger partial charge in [-0.1, -0.05) is 6.92 Å². The highest BCUT2D eigenvalue weighted by Gasteiger charge is 2.30. The summed E-state index contributed by atoms with van der Waals surface area (Å²) >= 11 is 0. The van der Waals surface area contributed by atoms with E-state index >= 15 is 0 Å². The minimum atomic E-state index is -0.793. The SMILES string of the molecule is CCNC1(C)CCN(C(=O)O)CC1. The van der Waals surface area contributed by atoms with Crippen LogP contribution in [0, 0.1) is 0 Å². The van der Waals surface area contributed by atoms with Crippen LogP contribution in [-0.4, -0.2) is 41.3 Å². The third-order valence-corrected chi connectivity index (χ3v) is 2.74. The van der Waals surface area contributed by atoms with Gasteiger partial charge in [-0.15, -0.1) is 0 Å². The van der Waals surface area contributed by atoms with Crippen molar-refractivity contribution in [2.75, 3.05) is 19.6 Å². The summed E-state index contributed by atoms with van der Waals surface area (Å²) in [5.74, 6) is 0. The number of rotatable bonds is 2. The van der Waals surface area contributed by atoms with Gasteiger partial charge in [-0.2, -0.15) is 0 Å². The van der Waals surface area contributed by atoms with E-state index in [1.807, 2.05) is 0 Å². The van der Waals surface area contributed by atoms with Crippen LogP contribution in [0.5, 0.6) is 0 Å². The van der Waals surface area contributed by atoms with E-state index in [0.717, 1.165) is 19.4 Å². The first-order valence-corrected chi connectivity index (χ1v) is 4.80. The predicted molar refractivity (Wildman–Crippen MR) is 50.9 cm³/mol. The minimum absolute atomic E-state index is 0.140. The summed E-state index contributed by atoms with van der Waals surface area (Å²) in [7, 11) is 0. The normalized spacial score (nSPS) is 21.5. The second kappa shape index (κ2) is 3.96. The molecule has 1 aliphatic rings. The van der Waals surface area contributed by atoms with Gasteiger partial charge in [0.05, 0.1) is 0 Å². The van der Waals surface area contributed by atoms with Gasteiger partial charge in [0.25, 0.3) is 0 Å². The monoisotopic (exact) mass is 186 g/mol. The van der Waals surface area contributed by atoms with Gasteiger partial charge in [-0.05, 0) is 26.3 Å². The molecular weight excluding hydrogens is 168 g/mol. The molecule has 0 bridgehead atoms. The van der Waals surface area contributed by atoms with E-state index in [4.69, 9.17) is 5.11 Å². The Morgan fingerprint density at radius 3 is 2.46 bits per heavy atom. The Kier molecular flexibility index (Phi) is 3.14. The fourth-order valence-corrected chi connectivity index (χ4v) is 1.80. The first-order chi connectivity index (χ1) is 6.07. The van der Waals surface area contributed by atoms with Crippen LogP contribution >= 0.6 is 0 Å². The highest BCUT2D eigenvalue weighted by atomic mass is 16.4. The number of hydrogen-bond donors (Lipinski definition) is 2. The number of likely N-dealkylation sites (tertiary alicyclic amines) is 1. The van der Waals surface area contributed by atoms with E-state index in [0.29, 0.717) is 13.1 Å². The zero-order valence-electron chi connectivity index (χ0n) is 8.34. The number of carbonyl (C=O) groups is 1. The number of piperidine rings is 1. The second-order valence-electron chi connectivity index (χ2n) is 3.86. The lowest BCUT2D eigenvalue weighted by atomic mass is 9.90. The molecule has 0 unspecified atom stereocenters. The Balaban J connectivity index is 2.41. The smallest absolute Gasteiger partial charge is 0.407 e. The first-order valence-electron chi connectivity index (χ1n) is 4.80. The standard InChI is InChI=1S/C9H18N2O2/c1-3-10-9(2)4-6-11(7-5-9)8(12)13/h10H,3-7H2,1-2H3,(H,12,13). The first kappa shape index (κ1) is 10.3. The fourth-order valence-electron chi connectivity index (χ4n) is 1.80.